The quantitative estimate of drug-likeness (QED) is 0.513. The number of benzene rings is 2. The summed E-state index contributed by atoms with van der Waals surface area (Å²) in [7, 11) is -2.40. The molecule has 8 nitrogen and oxygen atoms in total. The number of carbonyl (C=O) groups is 2. The predicted octanol–water partition coefficient (Wildman–Crippen LogP) is 4.10. The normalized spacial score (nSPS) is 12.6. The number of halogens is 2. The lowest BCUT2D eigenvalue weighted by molar-refractivity contribution is -0.140. The van der Waals surface area contributed by atoms with Crippen molar-refractivity contribution in [1.82, 2.24) is 10.2 Å². The fourth-order valence-electron chi connectivity index (χ4n) is 3.29. The van der Waals surface area contributed by atoms with E-state index in [2.05, 4.69) is 5.32 Å². The Hall–Kier alpha value is -2.49. The molecule has 35 heavy (non-hydrogen) atoms. The van der Waals surface area contributed by atoms with E-state index in [0.717, 1.165) is 10.6 Å². The first kappa shape index (κ1) is 28.7. The molecule has 0 unspecified atom stereocenters. The van der Waals surface area contributed by atoms with Crippen LogP contribution in [0, 0.1) is 0 Å². The van der Waals surface area contributed by atoms with Crippen molar-refractivity contribution in [2.75, 3.05) is 24.2 Å². The molecule has 0 aliphatic carbocycles. The van der Waals surface area contributed by atoms with Gasteiger partial charge in [-0.2, -0.15) is 0 Å². The highest BCUT2D eigenvalue weighted by Crippen LogP contribution is 2.28. The van der Waals surface area contributed by atoms with Crippen molar-refractivity contribution < 1.29 is 22.7 Å². The van der Waals surface area contributed by atoms with Crippen LogP contribution < -0.4 is 14.4 Å². The van der Waals surface area contributed by atoms with Crippen LogP contribution in [0.5, 0.6) is 5.75 Å². The van der Waals surface area contributed by atoms with E-state index in [-0.39, 0.29) is 12.2 Å². The summed E-state index contributed by atoms with van der Waals surface area (Å²) in [6, 6.07) is 10.3. The number of rotatable bonds is 9. The number of amides is 2. The third-order valence-corrected chi connectivity index (χ3v) is 6.92. The number of anilines is 1. The highest BCUT2D eigenvalue weighted by Gasteiger charge is 2.32. The zero-order valence-corrected chi connectivity index (χ0v) is 23.0. The van der Waals surface area contributed by atoms with Crippen LogP contribution in [-0.4, -0.2) is 56.6 Å². The average molecular weight is 545 g/mol. The van der Waals surface area contributed by atoms with Crippen LogP contribution in [0.3, 0.4) is 0 Å². The van der Waals surface area contributed by atoms with Gasteiger partial charge in [0.1, 0.15) is 18.3 Å². The lowest BCUT2D eigenvalue weighted by atomic mass is 10.1. The van der Waals surface area contributed by atoms with Gasteiger partial charge in [0.2, 0.25) is 21.8 Å². The van der Waals surface area contributed by atoms with Gasteiger partial charge in [0, 0.05) is 33.8 Å². The number of sulfonamides is 1. The maximum atomic E-state index is 13.6. The van der Waals surface area contributed by atoms with E-state index in [1.807, 2.05) is 20.8 Å². The molecule has 0 radical (unpaired) electrons. The van der Waals surface area contributed by atoms with E-state index in [0.29, 0.717) is 21.4 Å². The van der Waals surface area contributed by atoms with Gasteiger partial charge in [-0.1, -0.05) is 35.3 Å². The number of nitrogens with one attached hydrogen (secondary N) is 1. The molecule has 0 aromatic heterocycles. The molecule has 1 N–H and O–H groups in total. The minimum absolute atomic E-state index is 0.0915. The van der Waals surface area contributed by atoms with Crippen molar-refractivity contribution in [3.63, 3.8) is 0 Å². The second-order valence-electron chi connectivity index (χ2n) is 9.11. The maximum absolute atomic E-state index is 13.6. The molecule has 0 spiro atoms. The summed E-state index contributed by atoms with van der Waals surface area (Å²) in [6.45, 7) is 6.40. The minimum Gasteiger partial charge on any atom is -0.497 e. The molecule has 0 heterocycles. The van der Waals surface area contributed by atoms with Crippen molar-refractivity contribution in [2.24, 2.45) is 0 Å². The summed E-state index contributed by atoms with van der Waals surface area (Å²) in [6.07, 6.45) is 1.00. The summed E-state index contributed by atoms with van der Waals surface area (Å²) in [4.78, 5) is 27.8. The molecule has 0 aliphatic rings. The number of ether oxygens (including phenoxy) is 1. The van der Waals surface area contributed by atoms with Crippen LogP contribution >= 0.6 is 23.2 Å². The molecular formula is C24H31Cl2N3O5S. The first-order valence-electron chi connectivity index (χ1n) is 10.8. The summed E-state index contributed by atoms with van der Waals surface area (Å²) >= 11 is 12.7. The van der Waals surface area contributed by atoms with Gasteiger partial charge in [-0.15, -0.1) is 0 Å². The Kier molecular flexibility index (Phi) is 9.44. The van der Waals surface area contributed by atoms with Gasteiger partial charge >= 0.3 is 0 Å². The van der Waals surface area contributed by atoms with Gasteiger partial charge in [0.15, 0.2) is 0 Å². The molecule has 0 aliphatic heterocycles. The van der Waals surface area contributed by atoms with E-state index < -0.39 is 40.0 Å². The molecule has 2 aromatic rings. The van der Waals surface area contributed by atoms with Crippen molar-refractivity contribution in [3.8, 4) is 5.75 Å². The van der Waals surface area contributed by atoms with Crippen LogP contribution in [0.2, 0.25) is 10.0 Å². The number of hydrogen-bond donors (Lipinski definition) is 1. The second-order valence-corrected chi connectivity index (χ2v) is 11.8. The molecule has 1 atom stereocenters. The third kappa shape index (κ3) is 8.02. The maximum Gasteiger partial charge on any atom is 0.244 e. The molecular weight excluding hydrogens is 513 g/mol. The van der Waals surface area contributed by atoms with Gasteiger partial charge in [0.25, 0.3) is 0 Å². The SMILES string of the molecule is COc1cccc(N(CC(=O)N(Cc2c(Cl)cccc2Cl)[C@@H](C)C(=O)NC(C)(C)C)S(C)(=O)=O)c1. The lowest BCUT2D eigenvalue weighted by Crippen LogP contribution is -2.54. The Bertz CT molecular complexity index is 1160. The Morgan fingerprint density at radius 1 is 1.09 bits per heavy atom. The van der Waals surface area contributed by atoms with Crippen molar-refractivity contribution >= 4 is 50.7 Å². The van der Waals surface area contributed by atoms with Crippen LogP contribution in [0.4, 0.5) is 5.69 Å². The number of hydrogen-bond acceptors (Lipinski definition) is 5. The van der Waals surface area contributed by atoms with Crippen LogP contribution in [0.25, 0.3) is 0 Å². The zero-order chi connectivity index (χ0) is 26.6. The van der Waals surface area contributed by atoms with Gasteiger partial charge in [-0.25, -0.2) is 8.42 Å². The van der Waals surface area contributed by atoms with E-state index >= 15 is 0 Å². The Labute approximate surface area is 217 Å². The fourth-order valence-corrected chi connectivity index (χ4v) is 4.65. The van der Waals surface area contributed by atoms with Crippen LogP contribution in [-0.2, 0) is 26.2 Å². The van der Waals surface area contributed by atoms with Gasteiger partial charge in [-0.05, 0) is 52.0 Å². The summed E-state index contributed by atoms with van der Waals surface area (Å²) < 4.78 is 31.4. The highest BCUT2D eigenvalue weighted by atomic mass is 35.5. The molecule has 2 rings (SSSR count). The lowest BCUT2D eigenvalue weighted by Gasteiger charge is -2.33. The predicted molar refractivity (Wildman–Crippen MR) is 140 cm³/mol. The zero-order valence-electron chi connectivity index (χ0n) is 20.6. The standard InChI is InChI=1S/C24H31Cl2N3O5S/c1-16(23(31)27-24(2,3)4)28(14-19-20(25)11-8-12-21(19)26)22(30)15-29(35(6,32)33)17-9-7-10-18(13-17)34-5/h7-13,16H,14-15H2,1-6H3,(H,27,31)/t16-/m0/s1. The minimum atomic E-state index is -3.86. The van der Waals surface area contributed by atoms with Gasteiger partial charge in [0.05, 0.1) is 19.1 Å². The first-order chi connectivity index (χ1) is 16.1. The highest BCUT2D eigenvalue weighted by molar-refractivity contribution is 7.92. The van der Waals surface area contributed by atoms with Crippen LogP contribution in [0.1, 0.15) is 33.3 Å². The molecule has 0 fully saturated rings. The average Bonchev–Trinajstić information content (AvgIpc) is 2.74. The number of nitrogens with zero attached hydrogens (tertiary/aromatic N) is 2. The van der Waals surface area contributed by atoms with E-state index in [9.17, 15) is 18.0 Å². The van der Waals surface area contributed by atoms with Gasteiger partial charge < -0.3 is 15.0 Å². The topological polar surface area (TPSA) is 96.0 Å². The van der Waals surface area contributed by atoms with E-state index in [1.54, 1.807) is 43.3 Å². The summed E-state index contributed by atoms with van der Waals surface area (Å²) in [5, 5.41) is 3.50. The molecule has 2 aromatic carbocycles. The Morgan fingerprint density at radius 2 is 1.66 bits per heavy atom. The largest absolute Gasteiger partial charge is 0.497 e. The summed E-state index contributed by atoms with van der Waals surface area (Å²) in [5.74, 6) is -0.576. The Balaban J connectivity index is 2.48. The molecule has 0 bridgehead atoms. The molecule has 192 valence electrons. The number of carbonyl (C=O) groups excluding carboxylic acids is 2. The molecule has 0 saturated carbocycles. The first-order valence-corrected chi connectivity index (χ1v) is 13.4. The second kappa shape index (κ2) is 11.5. The van der Waals surface area contributed by atoms with E-state index in [4.69, 9.17) is 27.9 Å². The fraction of sp³-hybridized carbons (Fsp3) is 0.417. The third-order valence-electron chi connectivity index (χ3n) is 5.08. The molecule has 11 heteroatoms. The van der Waals surface area contributed by atoms with E-state index in [1.165, 1.54) is 18.1 Å². The molecule has 2 amide bonds. The molecule has 0 saturated heterocycles. The monoisotopic (exact) mass is 543 g/mol. The summed E-state index contributed by atoms with van der Waals surface area (Å²) in [5.41, 5.74) is 0.163. The van der Waals surface area contributed by atoms with Crippen molar-refractivity contribution in [3.05, 3.63) is 58.1 Å². The van der Waals surface area contributed by atoms with Crippen LogP contribution in [0.15, 0.2) is 42.5 Å². The van der Waals surface area contributed by atoms with Crippen molar-refractivity contribution in [2.45, 2.75) is 45.8 Å². The Morgan fingerprint density at radius 3 is 2.17 bits per heavy atom. The van der Waals surface area contributed by atoms with Gasteiger partial charge in [-0.3, -0.25) is 13.9 Å². The number of methoxy groups -OCH3 is 1. The van der Waals surface area contributed by atoms with Crippen molar-refractivity contribution in [1.29, 1.82) is 0 Å². The smallest absolute Gasteiger partial charge is 0.244 e.